The third-order valence-corrected chi connectivity index (χ3v) is 5.48. The van der Waals surface area contributed by atoms with Gasteiger partial charge in [-0.3, -0.25) is 4.31 Å². The zero-order chi connectivity index (χ0) is 14.0. The molecule has 0 fully saturated rings. The monoisotopic (exact) mass is 282 g/mol. The molecule has 2 N–H and O–H groups in total. The van der Waals surface area contributed by atoms with Gasteiger partial charge < -0.3 is 5.73 Å². The smallest absolute Gasteiger partial charge is 0.235 e. The van der Waals surface area contributed by atoms with E-state index in [1.165, 1.54) is 0 Å². The molecule has 1 unspecified atom stereocenters. The Morgan fingerprint density at radius 1 is 1.42 bits per heavy atom. The highest BCUT2D eigenvalue weighted by molar-refractivity contribution is 7.92. The molecular formula is C14H22N2O2S. The average molecular weight is 282 g/mol. The third kappa shape index (κ3) is 2.92. The molecule has 0 saturated carbocycles. The molecule has 1 atom stereocenters. The Balaban J connectivity index is 2.40. The number of nitrogens with zero attached hydrogens (tertiary/aromatic N) is 1. The lowest BCUT2D eigenvalue weighted by Gasteiger charge is -2.31. The average Bonchev–Trinajstić information content (AvgIpc) is 2.37. The van der Waals surface area contributed by atoms with Gasteiger partial charge in [-0.15, -0.1) is 0 Å². The van der Waals surface area contributed by atoms with E-state index in [1.807, 2.05) is 32.0 Å². The summed E-state index contributed by atoms with van der Waals surface area (Å²) in [6.07, 6.45) is 2.44. The molecule has 19 heavy (non-hydrogen) atoms. The Hall–Kier alpha value is -1.07. The van der Waals surface area contributed by atoms with Gasteiger partial charge in [0.05, 0.1) is 11.4 Å². The molecule has 0 aromatic heterocycles. The Bertz CT molecular complexity index is 553. The van der Waals surface area contributed by atoms with Crippen molar-refractivity contribution in [2.24, 2.45) is 5.73 Å². The molecule has 0 bridgehead atoms. The van der Waals surface area contributed by atoms with Gasteiger partial charge in [0.1, 0.15) is 0 Å². The van der Waals surface area contributed by atoms with Crippen LogP contribution in [0.5, 0.6) is 0 Å². The normalized spacial score (nSPS) is 17.1. The lowest BCUT2D eigenvalue weighted by atomic mass is 9.98. The van der Waals surface area contributed by atoms with Crippen molar-refractivity contribution in [2.45, 2.75) is 39.2 Å². The fourth-order valence-corrected chi connectivity index (χ4v) is 4.14. The first-order valence-electron chi connectivity index (χ1n) is 6.84. The molecule has 1 aliphatic heterocycles. The van der Waals surface area contributed by atoms with Crippen LogP contribution in [0.15, 0.2) is 18.2 Å². The largest absolute Gasteiger partial charge is 0.324 e. The second kappa shape index (κ2) is 5.51. The Kier molecular flexibility index (Phi) is 4.16. The number of aryl methyl sites for hydroxylation is 1. The molecule has 1 heterocycles. The van der Waals surface area contributed by atoms with E-state index in [4.69, 9.17) is 5.73 Å². The van der Waals surface area contributed by atoms with E-state index in [9.17, 15) is 8.42 Å². The van der Waals surface area contributed by atoms with Crippen LogP contribution in [0, 0.1) is 0 Å². The van der Waals surface area contributed by atoms with Crippen molar-refractivity contribution in [2.75, 3.05) is 16.6 Å². The first-order valence-corrected chi connectivity index (χ1v) is 8.45. The summed E-state index contributed by atoms with van der Waals surface area (Å²) in [6.45, 7) is 4.42. The lowest BCUT2D eigenvalue weighted by Crippen LogP contribution is -2.37. The first kappa shape index (κ1) is 14.3. The van der Waals surface area contributed by atoms with Crippen molar-refractivity contribution in [1.29, 1.82) is 0 Å². The summed E-state index contributed by atoms with van der Waals surface area (Å²) < 4.78 is 26.1. The molecule has 106 valence electrons. The van der Waals surface area contributed by atoms with E-state index in [2.05, 4.69) is 0 Å². The Labute approximate surface area is 115 Å². The summed E-state index contributed by atoms with van der Waals surface area (Å²) in [7, 11) is -3.18. The number of benzene rings is 1. The van der Waals surface area contributed by atoms with Crippen LogP contribution in [0.3, 0.4) is 0 Å². The fraction of sp³-hybridized carbons (Fsp3) is 0.571. The van der Waals surface area contributed by atoms with Crippen LogP contribution in [0.25, 0.3) is 0 Å². The molecule has 4 nitrogen and oxygen atoms in total. The van der Waals surface area contributed by atoms with Gasteiger partial charge >= 0.3 is 0 Å². The molecular weight excluding hydrogens is 260 g/mol. The summed E-state index contributed by atoms with van der Waals surface area (Å²) in [4.78, 5) is 0. The van der Waals surface area contributed by atoms with Crippen molar-refractivity contribution in [3.05, 3.63) is 29.3 Å². The van der Waals surface area contributed by atoms with Gasteiger partial charge in [-0.1, -0.05) is 19.1 Å². The molecule has 1 aromatic rings. The van der Waals surface area contributed by atoms with Crippen LogP contribution < -0.4 is 10.0 Å². The number of hydrogen-bond acceptors (Lipinski definition) is 3. The maximum Gasteiger partial charge on any atom is 0.235 e. The standard InChI is InChI=1S/C14H22N2O2S/c1-3-9-19(17,18)16-8-4-5-13-10-12(11(2)15)6-7-14(13)16/h6-7,10-11H,3-5,8-9,15H2,1-2H3. The molecule has 2 rings (SSSR count). The van der Waals surface area contributed by atoms with Crippen LogP contribution in [-0.4, -0.2) is 20.7 Å². The van der Waals surface area contributed by atoms with Crippen molar-refractivity contribution < 1.29 is 8.42 Å². The highest BCUT2D eigenvalue weighted by Crippen LogP contribution is 2.31. The third-order valence-electron chi connectivity index (χ3n) is 3.50. The van der Waals surface area contributed by atoms with Crippen molar-refractivity contribution >= 4 is 15.7 Å². The van der Waals surface area contributed by atoms with Crippen LogP contribution in [0.4, 0.5) is 5.69 Å². The van der Waals surface area contributed by atoms with Gasteiger partial charge in [-0.2, -0.15) is 0 Å². The van der Waals surface area contributed by atoms with Crippen LogP contribution >= 0.6 is 0 Å². The highest BCUT2D eigenvalue weighted by Gasteiger charge is 2.26. The van der Waals surface area contributed by atoms with Crippen molar-refractivity contribution in [1.82, 2.24) is 0 Å². The lowest BCUT2D eigenvalue weighted by molar-refractivity contribution is 0.585. The maximum absolute atomic E-state index is 12.3. The van der Waals surface area contributed by atoms with Gasteiger partial charge in [0.15, 0.2) is 0 Å². The second-order valence-electron chi connectivity index (χ2n) is 5.17. The summed E-state index contributed by atoms with van der Waals surface area (Å²) in [5.41, 5.74) is 8.88. The number of nitrogens with two attached hydrogens (primary N) is 1. The minimum Gasteiger partial charge on any atom is -0.324 e. The molecule has 0 amide bonds. The summed E-state index contributed by atoms with van der Waals surface area (Å²) in [6, 6.07) is 5.87. The second-order valence-corrected chi connectivity index (χ2v) is 7.18. The zero-order valence-electron chi connectivity index (χ0n) is 11.6. The topological polar surface area (TPSA) is 63.4 Å². The molecule has 1 aliphatic rings. The van der Waals surface area contributed by atoms with Crippen LogP contribution in [-0.2, 0) is 16.4 Å². The minimum atomic E-state index is -3.18. The number of rotatable bonds is 4. The molecule has 0 radical (unpaired) electrons. The Morgan fingerprint density at radius 3 is 2.79 bits per heavy atom. The quantitative estimate of drug-likeness (QED) is 0.920. The summed E-state index contributed by atoms with van der Waals surface area (Å²) in [5, 5.41) is 0. The van der Waals surface area contributed by atoms with E-state index >= 15 is 0 Å². The van der Waals surface area contributed by atoms with Gasteiger partial charge in [-0.25, -0.2) is 8.42 Å². The predicted molar refractivity (Wildman–Crippen MR) is 78.8 cm³/mol. The number of anilines is 1. The highest BCUT2D eigenvalue weighted by atomic mass is 32.2. The SMILES string of the molecule is CCCS(=O)(=O)N1CCCc2cc(C(C)N)ccc21. The van der Waals surface area contributed by atoms with Gasteiger partial charge in [0.25, 0.3) is 0 Å². The molecule has 0 aliphatic carbocycles. The van der Waals surface area contributed by atoms with E-state index in [0.29, 0.717) is 13.0 Å². The summed E-state index contributed by atoms with van der Waals surface area (Å²) in [5.74, 6) is 0.210. The fourth-order valence-electron chi connectivity index (χ4n) is 2.52. The molecule has 5 heteroatoms. The van der Waals surface area contributed by atoms with E-state index in [0.717, 1.165) is 29.7 Å². The van der Waals surface area contributed by atoms with Crippen molar-refractivity contribution in [3.63, 3.8) is 0 Å². The predicted octanol–water partition coefficient (Wildman–Crippen LogP) is 2.20. The molecule has 0 spiro atoms. The van der Waals surface area contributed by atoms with Gasteiger partial charge in [0.2, 0.25) is 10.0 Å². The molecule has 1 aromatic carbocycles. The maximum atomic E-state index is 12.3. The van der Waals surface area contributed by atoms with E-state index < -0.39 is 10.0 Å². The van der Waals surface area contributed by atoms with Gasteiger partial charge in [0, 0.05) is 12.6 Å². The first-order chi connectivity index (χ1) is 8.95. The Morgan fingerprint density at radius 2 is 2.16 bits per heavy atom. The van der Waals surface area contributed by atoms with Gasteiger partial charge in [-0.05, 0) is 43.4 Å². The van der Waals surface area contributed by atoms with E-state index in [-0.39, 0.29) is 11.8 Å². The number of fused-ring (bicyclic) bond motifs is 1. The van der Waals surface area contributed by atoms with Crippen LogP contribution in [0.1, 0.15) is 43.9 Å². The van der Waals surface area contributed by atoms with E-state index in [1.54, 1.807) is 4.31 Å². The summed E-state index contributed by atoms with van der Waals surface area (Å²) >= 11 is 0. The number of sulfonamides is 1. The van der Waals surface area contributed by atoms with Crippen LogP contribution in [0.2, 0.25) is 0 Å². The zero-order valence-corrected chi connectivity index (χ0v) is 12.4. The van der Waals surface area contributed by atoms with Crippen molar-refractivity contribution in [3.8, 4) is 0 Å². The minimum absolute atomic E-state index is 0.0204. The number of hydrogen-bond donors (Lipinski definition) is 1. The molecule has 0 saturated heterocycles.